The van der Waals surface area contributed by atoms with Gasteiger partial charge in [0.1, 0.15) is 12.3 Å². The van der Waals surface area contributed by atoms with Crippen molar-refractivity contribution in [3.05, 3.63) is 109 Å². The van der Waals surface area contributed by atoms with Crippen LogP contribution in [0.25, 0.3) is 44.1 Å². The number of fused-ring (bicyclic) bond motifs is 7. The quantitative estimate of drug-likeness (QED) is 0.190. The zero-order chi connectivity index (χ0) is 33.3. The maximum atomic E-state index is 6.20. The van der Waals surface area contributed by atoms with Gasteiger partial charge in [-0.3, -0.25) is 0 Å². The summed E-state index contributed by atoms with van der Waals surface area (Å²) in [5, 5.41) is 4.37. The van der Waals surface area contributed by atoms with Crippen molar-refractivity contribution in [2.45, 2.75) is 59.9 Å². The van der Waals surface area contributed by atoms with Gasteiger partial charge in [0, 0.05) is 59.4 Å². The highest BCUT2D eigenvalue weighted by Crippen LogP contribution is 2.47. The number of furan rings is 2. The molecule has 2 aliphatic heterocycles. The number of nitrogens with zero attached hydrogens (tertiary/aromatic N) is 6. The van der Waals surface area contributed by atoms with Crippen LogP contribution in [0.1, 0.15) is 38.8 Å². The summed E-state index contributed by atoms with van der Waals surface area (Å²) in [5.74, 6) is 0. The van der Waals surface area contributed by atoms with Crippen molar-refractivity contribution in [3.63, 3.8) is 0 Å². The number of hydrogen-bond acceptors (Lipinski definition) is 8. The van der Waals surface area contributed by atoms with Crippen molar-refractivity contribution in [1.29, 1.82) is 0 Å². The predicted molar refractivity (Wildman–Crippen MR) is 197 cm³/mol. The molecule has 2 aliphatic rings. The molecule has 9 rings (SSSR count). The monoisotopic (exact) mass is 636 g/mol. The lowest BCUT2D eigenvalue weighted by Crippen LogP contribution is -2.39. The number of anilines is 4. The number of para-hydroxylation sites is 2. The minimum Gasteiger partial charge on any atom is -0.435 e. The summed E-state index contributed by atoms with van der Waals surface area (Å²) in [5.41, 5.74) is 10.3. The van der Waals surface area contributed by atoms with Gasteiger partial charge in [-0.15, -0.1) is 0 Å². The molecule has 0 spiro atoms. The molecule has 4 aromatic heterocycles. The maximum Gasteiger partial charge on any atom is 0.227 e. The van der Waals surface area contributed by atoms with Crippen molar-refractivity contribution < 1.29 is 8.83 Å². The van der Waals surface area contributed by atoms with Gasteiger partial charge in [-0.25, -0.2) is 9.97 Å². The molecule has 8 nitrogen and oxygen atoms in total. The molecular weight excluding hydrogens is 596 g/mol. The number of benzene rings is 3. The fraction of sp³-hybridized carbons (Fsp3) is 0.250. The topological polar surface area (TPSA) is 65.0 Å². The first-order valence-electron chi connectivity index (χ1n) is 16.6. The molecule has 0 bridgehead atoms. The van der Waals surface area contributed by atoms with E-state index in [2.05, 4.69) is 151 Å². The Labute approximate surface area is 280 Å². The lowest BCUT2D eigenvalue weighted by molar-refractivity contribution is 0.263. The smallest absolute Gasteiger partial charge is 0.227 e. The van der Waals surface area contributed by atoms with Crippen LogP contribution in [0.15, 0.2) is 106 Å². The van der Waals surface area contributed by atoms with Crippen molar-refractivity contribution in [2.75, 3.05) is 21.7 Å². The summed E-state index contributed by atoms with van der Waals surface area (Å²) in [6.07, 6.45) is 8.33. The second-order valence-corrected chi connectivity index (χ2v) is 13.1. The molecule has 0 aliphatic carbocycles. The highest BCUT2D eigenvalue weighted by molar-refractivity contribution is 6.10. The maximum absolute atomic E-state index is 6.20. The van der Waals surface area contributed by atoms with Crippen LogP contribution in [-0.4, -0.2) is 40.3 Å². The first-order valence-corrected chi connectivity index (χ1v) is 16.6. The van der Waals surface area contributed by atoms with Gasteiger partial charge in [0.05, 0.1) is 22.7 Å². The predicted octanol–water partition coefficient (Wildman–Crippen LogP) is 9.86. The molecule has 0 fully saturated rings. The van der Waals surface area contributed by atoms with Crippen LogP contribution >= 0.6 is 0 Å². The van der Waals surface area contributed by atoms with Gasteiger partial charge < -0.3 is 28.4 Å². The summed E-state index contributed by atoms with van der Waals surface area (Å²) in [6.45, 7) is 13.1. The molecule has 2 atom stereocenters. The van der Waals surface area contributed by atoms with Crippen molar-refractivity contribution in [1.82, 2.24) is 14.9 Å². The molecule has 242 valence electrons. The van der Waals surface area contributed by atoms with E-state index < -0.39 is 0 Å². The molecule has 0 amide bonds. The highest BCUT2D eigenvalue weighted by atomic mass is 16.3. The van der Waals surface area contributed by atoms with Gasteiger partial charge in [-0.1, -0.05) is 36.4 Å². The van der Waals surface area contributed by atoms with Gasteiger partial charge in [0.15, 0.2) is 11.2 Å². The van der Waals surface area contributed by atoms with Crippen LogP contribution in [0.3, 0.4) is 0 Å². The van der Waals surface area contributed by atoms with Gasteiger partial charge in [0.2, 0.25) is 11.4 Å². The van der Waals surface area contributed by atoms with Crippen LogP contribution in [0, 0.1) is 13.8 Å². The van der Waals surface area contributed by atoms with E-state index in [0.29, 0.717) is 17.5 Å². The zero-order valence-corrected chi connectivity index (χ0v) is 28.5. The molecule has 48 heavy (non-hydrogen) atoms. The standard InChI is InChI=1S/C21H19N3O.C19H21N3O/c1-13-10-11-15-16-7-6-12-22-21(16)25-20(15)19(13)24-14(2)23(3)17-8-4-5-9-18(17)24;1-12(2)21-10-11-22(14(21)4)17-13(3)7-8-15-16-6-5-9-20-19(16)23-18(15)17/h4-12,14H,1-3H3;5-12,14H,1-4H3. The Balaban J connectivity index is 0.000000141. The van der Waals surface area contributed by atoms with E-state index in [1.54, 1.807) is 12.4 Å². The van der Waals surface area contributed by atoms with Crippen LogP contribution < -0.4 is 14.7 Å². The molecular formula is C40H40N6O2. The van der Waals surface area contributed by atoms with Gasteiger partial charge >= 0.3 is 0 Å². The number of aromatic nitrogens is 2. The Morgan fingerprint density at radius 2 is 1.19 bits per heavy atom. The van der Waals surface area contributed by atoms with Crippen LogP contribution in [0.5, 0.6) is 0 Å². The van der Waals surface area contributed by atoms with Crippen LogP contribution in [0.2, 0.25) is 0 Å². The second-order valence-electron chi connectivity index (χ2n) is 13.1. The van der Waals surface area contributed by atoms with Gasteiger partial charge in [-0.2, -0.15) is 0 Å². The summed E-state index contributed by atoms with van der Waals surface area (Å²) < 4.78 is 12.3. The summed E-state index contributed by atoms with van der Waals surface area (Å²) in [7, 11) is 2.14. The molecule has 2 unspecified atom stereocenters. The number of pyridine rings is 2. The van der Waals surface area contributed by atoms with Crippen molar-refractivity contribution >= 4 is 66.9 Å². The van der Waals surface area contributed by atoms with E-state index in [-0.39, 0.29) is 12.3 Å². The Bertz CT molecular complexity index is 2350. The minimum atomic E-state index is 0.211. The Kier molecular flexibility index (Phi) is 7.05. The number of hydrogen-bond donors (Lipinski definition) is 0. The number of aryl methyl sites for hydroxylation is 2. The Hall–Kier alpha value is -5.50. The van der Waals surface area contributed by atoms with E-state index in [9.17, 15) is 0 Å². The third-order valence-corrected chi connectivity index (χ3v) is 9.97. The third kappa shape index (κ3) is 4.50. The van der Waals surface area contributed by atoms with E-state index in [0.717, 1.165) is 44.1 Å². The van der Waals surface area contributed by atoms with E-state index in [4.69, 9.17) is 8.83 Å². The lowest BCUT2D eigenvalue weighted by Gasteiger charge is -2.33. The number of rotatable bonds is 3. The SMILES string of the molecule is Cc1ccc2c(oc3ncccc32)c1N1C=CN(C(C)C)C1C.Cc1ccc2c(oc3ncccc32)c1N1c2ccccc2N(C)C1C. The van der Waals surface area contributed by atoms with Crippen LogP contribution in [0.4, 0.5) is 22.7 Å². The molecule has 0 saturated carbocycles. The van der Waals surface area contributed by atoms with Crippen molar-refractivity contribution in [3.8, 4) is 0 Å². The molecule has 7 aromatic rings. The molecule has 0 radical (unpaired) electrons. The van der Waals surface area contributed by atoms with Gasteiger partial charge in [-0.05, 0) is 89.1 Å². The molecule has 6 heterocycles. The Morgan fingerprint density at radius 1 is 0.625 bits per heavy atom. The highest BCUT2D eigenvalue weighted by Gasteiger charge is 2.34. The second kappa shape index (κ2) is 11.3. The van der Waals surface area contributed by atoms with E-state index in [1.165, 1.54) is 22.5 Å². The normalized spacial score (nSPS) is 17.4. The summed E-state index contributed by atoms with van der Waals surface area (Å²) in [6, 6.07) is 25.6. The first kappa shape index (κ1) is 29.9. The van der Waals surface area contributed by atoms with E-state index in [1.807, 2.05) is 12.1 Å². The third-order valence-electron chi connectivity index (χ3n) is 9.97. The summed E-state index contributed by atoms with van der Waals surface area (Å²) in [4.78, 5) is 18.1. The fourth-order valence-electron chi connectivity index (χ4n) is 7.39. The van der Waals surface area contributed by atoms with Crippen molar-refractivity contribution in [2.24, 2.45) is 0 Å². The molecule has 8 heteroatoms. The zero-order valence-electron chi connectivity index (χ0n) is 28.5. The molecule has 0 N–H and O–H groups in total. The average Bonchev–Trinajstić information content (AvgIpc) is 3.83. The summed E-state index contributed by atoms with van der Waals surface area (Å²) >= 11 is 0. The Morgan fingerprint density at radius 3 is 1.77 bits per heavy atom. The molecule has 3 aromatic carbocycles. The fourth-order valence-corrected chi connectivity index (χ4v) is 7.39. The first-order chi connectivity index (χ1) is 23.2. The van der Waals surface area contributed by atoms with Gasteiger partial charge in [0.25, 0.3) is 0 Å². The lowest BCUT2D eigenvalue weighted by atomic mass is 10.1. The van der Waals surface area contributed by atoms with Crippen LogP contribution in [-0.2, 0) is 0 Å². The average molecular weight is 637 g/mol. The minimum absolute atomic E-state index is 0.211. The molecule has 0 saturated heterocycles. The largest absolute Gasteiger partial charge is 0.435 e. The van der Waals surface area contributed by atoms with E-state index >= 15 is 0 Å².